The minimum absolute atomic E-state index is 0.151. The van der Waals surface area contributed by atoms with Gasteiger partial charge in [-0.25, -0.2) is 4.79 Å². The molecule has 1 amide bonds. The van der Waals surface area contributed by atoms with Crippen LogP contribution in [0.25, 0.3) is 6.08 Å². The Morgan fingerprint density at radius 1 is 1.19 bits per heavy atom. The van der Waals surface area contributed by atoms with E-state index >= 15 is 0 Å². The van der Waals surface area contributed by atoms with Crippen LogP contribution >= 0.6 is 35.6 Å². The molecule has 27 heavy (non-hydrogen) atoms. The van der Waals surface area contributed by atoms with Crippen molar-refractivity contribution < 1.29 is 19.1 Å². The third-order valence-electron chi connectivity index (χ3n) is 3.75. The van der Waals surface area contributed by atoms with Gasteiger partial charge in [-0.1, -0.05) is 41.6 Å². The fraction of sp³-hybridized carbons (Fsp3) is 0.105. The quantitative estimate of drug-likeness (QED) is 0.317. The van der Waals surface area contributed by atoms with Crippen molar-refractivity contribution in [3.8, 4) is 11.5 Å². The van der Waals surface area contributed by atoms with E-state index in [1.807, 2.05) is 0 Å². The Morgan fingerprint density at radius 3 is 2.48 bits per heavy atom. The molecule has 0 unspecified atom stereocenters. The number of likely N-dealkylation sites (N-methyl/N-ethyl adjacent to an activating group) is 1. The minimum Gasteiger partial charge on any atom is -0.493 e. The summed E-state index contributed by atoms with van der Waals surface area (Å²) in [7, 11) is 3.11. The molecular formula is C19H14ClNO4S2. The maximum absolute atomic E-state index is 12.3. The van der Waals surface area contributed by atoms with Crippen LogP contribution < -0.4 is 9.47 Å². The molecule has 5 nitrogen and oxygen atoms in total. The second-order valence-corrected chi connectivity index (χ2v) is 7.66. The maximum Gasteiger partial charge on any atom is 0.343 e. The zero-order chi connectivity index (χ0) is 19.6. The van der Waals surface area contributed by atoms with Crippen molar-refractivity contribution in [1.29, 1.82) is 0 Å². The smallest absolute Gasteiger partial charge is 0.343 e. The molecule has 2 aromatic carbocycles. The van der Waals surface area contributed by atoms with E-state index in [-0.39, 0.29) is 11.7 Å². The number of methoxy groups -OCH3 is 1. The Balaban J connectivity index is 1.82. The number of halogens is 1. The van der Waals surface area contributed by atoms with Crippen molar-refractivity contribution >= 4 is 57.9 Å². The fourth-order valence-corrected chi connectivity index (χ4v) is 3.61. The van der Waals surface area contributed by atoms with E-state index in [0.29, 0.717) is 25.6 Å². The minimum atomic E-state index is -0.524. The molecule has 1 heterocycles. The Morgan fingerprint density at radius 2 is 1.89 bits per heavy atom. The highest BCUT2D eigenvalue weighted by molar-refractivity contribution is 8.26. The number of hydrogen-bond acceptors (Lipinski definition) is 6. The van der Waals surface area contributed by atoms with E-state index in [1.165, 1.54) is 23.8 Å². The average Bonchev–Trinajstić information content (AvgIpc) is 2.90. The molecule has 0 radical (unpaired) electrons. The second kappa shape index (κ2) is 8.12. The highest BCUT2D eigenvalue weighted by Crippen LogP contribution is 2.34. The Hall–Kier alpha value is -2.35. The lowest BCUT2D eigenvalue weighted by molar-refractivity contribution is -0.121. The number of ether oxygens (including phenoxy) is 2. The summed E-state index contributed by atoms with van der Waals surface area (Å²) in [4.78, 5) is 26.3. The summed E-state index contributed by atoms with van der Waals surface area (Å²) < 4.78 is 11.2. The van der Waals surface area contributed by atoms with Gasteiger partial charge in [0.25, 0.3) is 5.91 Å². The number of amides is 1. The highest BCUT2D eigenvalue weighted by atomic mass is 35.5. The van der Waals surface area contributed by atoms with Gasteiger partial charge in [-0.3, -0.25) is 9.69 Å². The zero-order valence-corrected chi connectivity index (χ0v) is 16.8. The van der Waals surface area contributed by atoms with Gasteiger partial charge in [0.2, 0.25) is 0 Å². The molecule has 0 spiro atoms. The molecule has 138 valence electrons. The van der Waals surface area contributed by atoms with Crippen molar-refractivity contribution in [2.24, 2.45) is 0 Å². The van der Waals surface area contributed by atoms with E-state index < -0.39 is 5.97 Å². The molecule has 1 aliphatic rings. The lowest BCUT2D eigenvalue weighted by atomic mass is 10.1. The Bertz CT molecular complexity index is 957. The van der Waals surface area contributed by atoms with Gasteiger partial charge in [-0.05, 0) is 48.0 Å². The van der Waals surface area contributed by atoms with Gasteiger partial charge in [-0.15, -0.1) is 0 Å². The molecule has 1 aliphatic heterocycles. The van der Waals surface area contributed by atoms with Crippen molar-refractivity contribution in [1.82, 2.24) is 4.90 Å². The van der Waals surface area contributed by atoms with Crippen molar-refractivity contribution in [2.75, 3.05) is 14.2 Å². The number of thioether (sulfide) groups is 1. The Labute approximate surface area is 170 Å². The number of thiocarbonyl (C=S) groups is 1. The van der Waals surface area contributed by atoms with Crippen LogP contribution in [0.2, 0.25) is 5.02 Å². The van der Waals surface area contributed by atoms with Gasteiger partial charge in [0.15, 0.2) is 11.5 Å². The summed E-state index contributed by atoms with van der Waals surface area (Å²) in [5.74, 6) is -0.0255. The van der Waals surface area contributed by atoms with Crippen LogP contribution in [0, 0.1) is 0 Å². The van der Waals surface area contributed by atoms with Crippen LogP contribution in [-0.2, 0) is 4.79 Å². The van der Waals surface area contributed by atoms with Crippen LogP contribution in [-0.4, -0.2) is 35.3 Å². The summed E-state index contributed by atoms with van der Waals surface area (Å²) >= 11 is 12.2. The van der Waals surface area contributed by atoms with Crippen LogP contribution in [0.1, 0.15) is 15.9 Å². The van der Waals surface area contributed by atoms with Gasteiger partial charge in [0.05, 0.1) is 17.6 Å². The predicted molar refractivity (Wildman–Crippen MR) is 110 cm³/mol. The molecule has 0 N–H and O–H groups in total. The predicted octanol–water partition coefficient (Wildman–Crippen LogP) is 4.40. The summed E-state index contributed by atoms with van der Waals surface area (Å²) in [6.07, 6.45) is 1.72. The van der Waals surface area contributed by atoms with E-state index in [4.69, 9.17) is 33.3 Å². The number of nitrogens with zero attached hydrogens (tertiary/aromatic N) is 1. The first kappa shape index (κ1) is 19.4. The first-order valence-electron chi connectivity index (χ1n) is 7.76. The van der Waals surface area contributed by atoms with E-state index in [2.05, 4.69) is 0 Å². The van der Waals surface area contributed by atoms with Crippen LogP contribution in [0.4, 0.5) is 0 Å². The van der Waals surface area contributed by atoms with E-state index in [0.717, 1.165) is 5.56 Å². The van der Waals surface area contributed by atoms with Gasteiger partial charge in [0, 0.05) is 12.1 Å². The first-order valence-corrected chi connectivity index (χ1v) is 9.36. The van der Waals surface area contributed by atoms with E-state index in [9.17, 15) is 9.59 Å². The normalized spacial score (nSPS) is 15.4. The number of esters is 1. The lowest BCUT2D eigenvalue weighted by Crippen LogP contribution is -2.22. The fourth-order valence-electron chi connectivity index (χ4n) is 2.30. The van der Waals surface area contributed by atoms with Crippen LogP contribution in [0.3, 0.4) is 0 Å². The van der Waals surface area contributed by atoms with Crippen molar-refractivity contribution in [2.45, 2.75) is 0 Å². The summed E-state index contributed by atoms with van der Waals surface area (Å²) in [5.41, 5.74) is 1.10. The number of rotatable bonds is 4. The molecule has 0 atom stereocenters. The Kier molecular flexibility index (Phi) is 5.84. The zero-order valence-electron chi connectivity index (χ0n) is 14.4. The SMILES string of the molecule is COc1cc(C=C2SC(=S)N(C)C2=O)ccc1OC(=O)c1ccc(Cl)cc1. The molecule has 8 heteroatoms. The van der Waals surface area contributed by atoms with Gasteiger partial charge >= 0.3 is 5.97 Å². The van der Waals surface area contributed by atoms with Gasteiger partial charge < -0.3 is 9.47 Å². The van der Waals surface area contributed by atoms with Crippen molar-refractivity contribution in [3.05, 3.63) is 63.5 Å². The molecule has 2 aromatic rings. The third kappa shape index (κ3) is 4.32. The van der Waals surface area contributed by atoms with Crippen molar-refractivity contribution in [3.63, 3.8) is 0 Å². The molecule has 0 bridgehead atoms. The summed E-state index contributed by atoms with van der Waals surface area (Å²) in [5, 5.41) is 0.533. The molecule has 1 fully saturated rings. The van der Waals surface area contributed by atoms with Gasteiger partial charge in [-0.2, -0.15) is 0 Å². The highest BCUT2D eigenvalue weighted by Gasteiger charge is 2.28. The molecule has 0 aliphatic carbocycles. The molecular weight excluding hydrogens is 406 g/mol. The van der Waals surface area contributed by atoms with Crippen LogP contribution in [0.5, 0.6) is 11.5 Å². The number of carbonyl (C=O) groups is 2. The standard InChI is InChI=1S/C19H14ClNO4S2/c1-21-17(22)16(27-19(21)26)10-11-3-8-14(15(9-11)24-2)25-18(23)12-4-6-13(20)7-5-12/h3-10H,1-2H3. The number of carbonyl (C=O) groups excluding carboxylic acids is 2. The maximum atomic E-state index is 12.3. The number of hydrogen-bond donors (Lipinski definition) is 0. The monoisotopic (exact) mass is 419 g/mol. The molecule has 0 aromatic heterocycles. The third-order valence-corrected chi connectivity index (χ3v) is 5.49. The van der Waals surface area contributed by atoms with E-state index in [1.54, 1.807) is 55.6 Å². The topological polar surface area (TPSA) is 55.8 Å². The second-order valence-electron chi connectivity index (χ2n) is 5.55. The van der Waals surface area contributed by atoms with Crippen LogP contribution in [0.15, 0.2) is 47.4 Å². The first-order chi connectivity index (χ1) is 12.9. The average molecular weight is 420 g/mol. The number of benzene rings is 2. The summed E-state index contributed by atoms with van der Waals surface area (Å²) in [6.45, 7) is 0. The summed E-state index contributed by atoms with van der Waals surface area (Å²) in [6, 6.07) is 11.4. The molecule has 3 rings (SSSR count). The van der Waals surface area contributed by atoms with Gasteiger partial charge in [0.1, 0.15) is 4.32 Å². The molecule has 0 saturated carbocycles. The largest absolute Gasteiger partial charge is 0.493 e. The lowest BCUT2D eigenvalue weighted by Gasteiger charge is -2.10. The molecule has 1 saturated heterocycles.